The first kappa shape index (κ1) is 7.19. The van der Waals surface area contributed by atoms with Gasteiger partial charge < -0.3 is 10.2 Å². The Morgan fingerprint density at radius 3 is 2.60 bits per heavy atom. The highest BCUT2D eigenvalue weighted by atomic mass is 16.3. The van der Waals surface area contributed by atoms with Crippen LogP contribution in [-0.2, 0) is 0 Å². The summed E-state index contributed by atoms with van der Waals surface area (Å²) in [4.78, 5) is 0. The van der Waals surface area contributed by atoms with Gasteiger partial charge in [-0.25, -0.2) is 0 Å². The van der Waals surface area contributed by atoms with Crippen molar-refractivity contribution in [3.8, 4) is 0 Å². The molecule has 0 bridgehead atoms. The fourth-order valence-electron chi connectivity index (χ4n) is 1.15. The Morgan fingerprint density at radius 2 is 2.20 bits per heavy atom. The van der Waals surface area contributed by atoms with Crippen LogP contribution in [0, 0.1) is 0 Å². The Kier molecular flexibility index (Phi) is 2.00. The molecule has 56 valence electrons. The molecule has 0 atom stereocenters. The van der Waals surface area contributed by atoms with Gasteiger partial charge in [-0.05, 0) is 18.9 Å². The van der Waals surface area contributed by atoms with Gasteiger partial charge in [-0.15, -0.1) is 0 Å². The van der Waals surface area contributed by atoms with E-state index in [9.17, 15) is 10.2 Å². The predicted molar refractivity (Wildman–Crippen MR) is 39.9 cm³/mol. The van der Waals surface area contributed by atoms with E-state index in [-0.39, 0.29) is 5.76 Å². The summed E-state index contributed by atoms with van der Waals surface area (Å²) < 4.78 is 0. The van der Waals surface area contributed by atoms with E-state index in [2.05, 4.69) is 0 Å². The average Bonchev–Trinajstić information content (AvgIpc) is 1.88. The highest BCUT2D eigenvalue weighted by Gasteiger charge is 2.11. The molecule has 1 rings (SSSR count). The van der Waals surface area contributed by atoms with Crippen molar-refractivity contribution in [2.45, 2.75) is 26.2 Å². The molecule has 0 saturated heterocycles. The summed E-state index contributed by atoms with van der Waals surface area (Å²) in [5.74, 6) is 0.605. The Bertz CT molecular complexity index is 189. The maximum Gasteiger partial charge on any atom is 0.118 e. The lowest BCUT2D eigenvalue weighted by Crippen LogP contribution is -1.99. The maximum absolute atomic E-state index is 9.22. The van der Waals surface area contributed by atoms with Crippen molar-refractivity contribution < 1.29 is 10.2 Å². The Hall–Kier alpha value is -0.920. The molecule has 0 radical (unpaired) electrons. The Morgan fingerprint density at radius 1 is 1.50 bits per heavy atom. The second-order valence-electron chi connectivity index (χ2n) is 2.41. The zero-order valence-electron chi connectivity index (χ0n) is 6.09. The van der Waals surface area contributed by atoms with Crippen LogP contribution in [0.3, 0.4) is 0 Å². The van der Waals surface area contributed by atoms with Crippen LogP contribution in [-0.4, -0.2) is 10.2 Å². The summed E-state index contributed by atoms with van der Waals surface area (Å²) >= 11 is 0. The Labute approximate surface area is 60.5 Å². The minimum absolute atomic E-state index is 0.256. The van der Waals surface area contributed by atoms with Gasteiger partial charge in [0.1, 0.15) is 5.76 Å². The molecule has 10 heavy (non-hydrogen) atoms. The number of rotatable bonds is 1. The van der Waals surface area contributed by atoms with Crippen LogP contribution in [0.2, 0.25) is 0 Å². The standard InChI is InChI=1S/C8H12O2/c1-2-6-7(9)4-3-5-8(6)10/h4,9-10H,2-3,5H2,1H3. The van der Waals surface area contributed by atoms with Gasteiger partial charge in [-0.3, -0.25) is 0 Å². The van der Waals surface area contributed by atoms with Crippen LogP contribution in [0.1, 0.15) is 26.2 Å². The number of aliphatic hydroxyl groups excluding tert-OH is 2. The molecular formula is C8H12O2. The van der Waals surface area contributed by atoms with E-state index < -0.39 is 0 Å². The molecular weight excluding hydrogens is 128 g/mol. The molecule has 2 nitrogen and oxygen atoms in total. The molecule has 2 heteroatoms. The second kappa shape index (κ2) is 2.78. The van der Waals surface area contributed by atoms with Crippen molar-refractivity contribution >= 4 is 0 Å². The number of allylic oxidation sites excluding steroid dienone is 3. The quantitative estimate of drug-likeness (QED) is 0.587. The van der Waals surface area contributed by atoms with Crippen LogP contribution < -0.4 is 0 Å². The third-order valence-electron chi connectivity index (χ3n) is 1.73. The molecule has 0 fully saturated rings. The van der Waals surface area contributed by atoms with Crippen molar-refractivity contribution in [2.24, 2.45) is 0 Å². The fraction of sp³-hybridized carbons (Fsp3) is 0.500. The third kappa shape index (κ3) is 1.15. The lowest BCUT2D eigenvalue weighted by atomic mass is 10.0. The SMILES string of the molecule is CCC1=C(O)CCC=C1O. The third-order valence-corrected chi connectivity index (χ3v) is 1.73. The predicted octanol–water partition coefficient (Wildman–Crippen LogP) is 2.44. The molecule has 0 aromatic rings. The summed E-state index contributed by atoms with van der Waals surface area (Å²) in [7, 11) is 0. The minimum atomic E-state index is 0.256. The zero-order chi connectivity index (χ0) is 7.56. The first-order chi connectivity index (χ1) is 4.75. The molecule has 0 aromatic carbocycles. The van der Waals surface area contributed by atoms with Crippen LogP contribution in [0.4, 0.5) is 0 Å². The molecule has 0 unspecified atom stereocenters. The first-order valence-corrected chi connectivity index (χ1v) is 3.56. The van der Waals surface area contributed by atoms with E-state index in [1.54, 1.807) is 6.08 Å². The maximum atomic E-state index is 9.22. The molecule has 1 aliphatic rings. The number of hydrogen-bond donors (Lipinski definition) is 2. The minimum Gasteiger partial charge on any atom is -0.512 e. The molecule has 2 N–H and O–H groups in total. The van der Waals surface area contributed by atoms with E-state index in [1.165, 1.54) is 0 Å². The smallest absolute Gasteiger partial charge is 0.118 e. The van der Waals surface area contributed by atoms with E-state index in [0.717, 1.165) is 6.42 Å². The van der Waals surface area contributed by atoms with E-state index >= 15 is 0 Å². The summed E-state index contributed by atoms with van der Waals surface area (Å²) in [5, 5.41) is 18.4. The van der Waals surface area contributed by atoms with Crippen molar-refractivity contribution in [3.63, 3.8) is 0 Å². The van der Waals surface area contributed by atoms with Crippen molar-refractivity contribution in [1.82, 2.24) is 0 Å². The van der Waals surface area contributed by atoms with Crippen molar-refractivity contribution in [1.29, 1.82) is 0 Å². The number of hydrogen-bond acceptors (Lipinski definition) is 2. The van der Waals surface area contributed by atoms with Gasteiger partial charge in [0.05, 0.1) is 5.76 Å². The molecule has 1 aliphatic carbocycles. The van der Waals surface area contributed by atoms with Crippen LogP contribution in [0.15, 0.2) is 23.2 Å². The largest absolute Gasteiger partial charge is 0.512 e. The molecule has 0 amide bonds. The molecule has 0 saturated carbocycles. The normalized spacial score (nSPS) is 19.1. The van der Waals surface area contributed by atoms with Gasteiger partial charge in [0, 0.05) is 12.0 Å². The van der Waals surface area contributed by atoms with Gasteiger partial charge in [0.15, 0.2) is 0 Å². The fourth-order valence-corrected chi connectivity index (χ4v) is 1.15. The van der Waals surface area contributed by atoms with Gasteiger partial charge in [0.2, 0.25) is 0 Å². The van der Waals surface area contributed by atoms with E-state index in [0.29, 0.717) is 24.2 Å². The Balaban J connectivity index is 2.87. The monoisotopic (exact) mass is 140 g/mol. The van der Waals surface area contributed by atoms with Gasteiger partial charge >= 0.3 is 0 Å². The summed E-state index contributed by atoms with van der Waals surface area (Å²) in [5.41, 5.74) is 0.700. The van der Waals surface area contributed by atoms with E-state index in [4.69, 9.17) is 0 Å². The summed E-state index contributed by atoms with van der Waals surface area (Å²) in [6, 6.07) is 0. The lowest BCUT2D eigenvalue weighted by molar-refractivity contribution is 0.348. The van der Waals surface area contributed by atoms with Gasteiger partial charge in [-0.2, -0.15) is 0 Å². The molecule has 0 aromatic heterocycles. The van der Waals surface area contributed by atoms with Crippen molar-refractivity contribution in [3.05, 3.63) is 23.2 Å². The van der Waals surface area contributed by atoms with E-state index in [1.807, 2.05) is 6.92 Å². The highest BCUT2D eigenvalue weighted by molar-refractivity contribution is 5.30. The topological polar surface area (TPSA) is 40.5 Å². The van der Waals surface area contributed by atoms with Gasteiger partial charge in [-0.1, -0.05) is 6.92 Å². The number of aliphatic hydroxyl groups is 2. The molecule has 0 heterocycles. The summed E-state index contributed by atoms with van der Waals surface area (Å²) in [6.45, 7) is 1.92. The highest BCUT2D eigenvalue weighted by Crippen LogP contribution is 2.23. The van der Waals surface area contributed by atoms with Crippen LogP contribution >= 0.6 is 0 Å². The summed E-state index contributed by atoms with van der Waals surface area (Å²) in [6.07, 6.45) is 3.88. The zero-order valence-corrected chi connectivity index (χ0v) is 6.09. The van der Waals surface area contributed by atoms with Crippen LogP contribution in [0.5, 0.6) is 0 Å². The first-order valence-electron chi connectivity index (χ1n) is 3.56. The average molecular weight is 140 g/mol. The van der Waals surface area contributed by atoms with Crippen LogP contribution in [0.25, 0.3) is 0 Å². The molecule has 0 spiro atoms. The lowest BCUT2D eigenvalue weighted by Gasteiger charge is -2.11. The van der Waals surface area contributed by atoms with Gasteiger partial charge in [0.25, 0.3) is 0 Å². The van der Waals surface area contributed by atoms with Crippen molar-refractivity contribution in [2.75, 3.05) is 0 Å². The second-order valence-corrected chi connectivity index (χ2v) is 2.41. The molecule has 0 aliphatic heterocycles.